The molecule has 0 aromatic heterocycles. The average molecular weight is 615 g/mol. The first kappa shape index (κ1) is 32.8. The van der Waals surface area contributed by atoms with Crippen molar-refractivity contribution in [2.24, 2.45) is 17.6 Å². The number of aliphatic hydroxyl groups is 3. The smallest absolute Gasteiger partial charge is 0.407 e. The number of Topliss-reactive ketones (excluding diaryl/α,β-unsaturated/α-hetero) is 2. The number of likely N-dealkylation sites (N-methyl/N-ethyl adjacent to an activating group) is 1. The van der Waals surface area contributed by atoms with E-state index < -0.39 is 64.1 Å². The fourth-order valence-electron chi connectivity index (χ4n) is 6.79. The number of alkyl carbamates (subject to hydrolysis) is 1. The van der Waals surface area contributed by atoms with Crippen LogP contribution in [0.2, 0.25) is 0 Å². The van der Waals surface area contributed by atoms with Crippen molar-refractivity contribution in [3.8, 4) is 5.75 Å². The van der Waals surface area contributed by atoms with Crippen molar-refractivity contribution in [2.75, 3.05) is 39.7 Å². The zero-order valence-electron chi connectivity index (χ0n) is 25.8. The van der Waals surface area contributed by atoms with Crippen LogP contribution in [0.1, 0.15) is 55.7 Å². The molecule has 13 nitrogen and oxygen atoms in total. The second-order valence-electron chi connectivity index (χ2n) is 12.2. The van der Waals surface area contributed by atoms with Gasteiger partial charge in [0.2, 0.25) is 5.78 Å². The number of ketones is 2. The molecule has 1 fully saturated rings. The molecule has 1 saturated carbocycles. The number of ether oxygens (including phenoxy) is 1. The van der Waals surface area contributed by atoms with Crippen LogP contribution in [0.3, 0.4) is 0 Å². The highest BCUT2D eigenvalue weighted by molar-refractivity contribution is 6.24. The monoisotopic (exact) mass is 614 g/mol. The summed E-state index contributed by atoms with van der Waals surface area (Å²) in [4.78, 5) is 55.0. The van der Waals surface area contributed by atoms with Crippen molar-refractivity contribution in [3.63, 3.8) is 0 Å². The highest BCUT2D eigenvalue weighted by atomic mass is 16.5. The average Bonchev–Trinajstić information content (AvgIpc) is 2.93. The van der Waals surface area contributed by atoms with E-state index in [0.717, 1.165) is 25.7 Å². The lowest BCUT2D eigenvalue weighted by atomic mass is 9.57. The van der Waals surface area contributed by atoms with Crippen molar-refractivity contribution in [1.29, 1.82) is 0 Å². The van der Waals surface area contributed by atoms with Crippen molar-refractivity contribution < 1.29 is 44.3 Å². The van der Waals surface area contributed by atoms with E-state index in [1.54, 1.807) is 39.2 Å². The van der Waals surface area contributed by atoms with Gasteiger partial charge in [-0.05, 0) is 50.9 Å². The van der Waals surface area contributed by atoms with Crippen LogP contribution in [0.25, 0.3) is 5.76 Å². The summed E-state index contributed by atoms with van der Waals surface area (Å²) < 4.78 is 5.21. The number of nitrogens with zero attached hydrogens (tertiary/aromatic N) is 2. The summed E-state index contributed by atoms with van der Waals surface area (Å²) in [5.74, 6) is -7.14. The molecule has 1 aromatic rings. The standard InChI is InChI=1S/C31H42N4O9/c1-6-7-8-9-10-44-30(42)33-14-16-13-19(34(2)3)17-11-15-12-18-23(35(4)5)26(38)22(29(32)41)28(40)31(18,43)27(39)20(15)25(37)21(17)24(16)36/h13,15,18,23,36-37,40,43H,6-12,14H2,1-5H3,(H2,32,41)(H,33,42)/t15-,18-,23-,31-/m1/s1. The van der Waals surface area contributed by atoms with Gasteiger partial charge in [-0.2, -0.15) is 0 Å². The van der Waals surface area contributed by atoms with Crippen LogP contribution in [-0.2, 0) is 32.1 Å². The quantitative estimate of drug-likeness (QED) is 0.166. The van der Waals surface area contributed by atoms with Gasteiger partial charge in [0.15, 0.2) is 11.4 Å². The SMILES string of the molecule is CCCCCCOC(=O)NCc1cc(N(C)C)c2c(c1O)C(O)=C1C(=O)[C@@]3(O)C(O)=C(C(N)=O)C(=O)[C@H](N(C)C)[C@H]3C[C@H]1C2. The summed E-state index contributed by atoms with van der Waals surface area (Å²) in [6.45, 7) is 2.19. The molecular formula is C31H42N4O9. The Morgan fingerprint density at radius 3 is 2.39 bits per heavy atom. The summed E-state index contributed by atoms with van der Waals surface area (Å²) >= 11 is 0. The molecule has 0 spiro atoms. The van der Waals surface area contributed by atoms with Gasteiger partial charge in [0.25, 0.3) is 5.91 Å². The molecule has 0 aliphatic heterocycles. The van der Waals surface area contributed by atoms with E-state index in [1.807, 2.05) is 0 Å². The second-order valence-corrected chi connectivity index (χ2v) is 12.2. The van der Waals surface area contributed by atoms with Crippen LogP contribution in [-0.4, -0.2) is 95.3 Å². The predicted octanol–water partition coefficient (Wildman–Crippen LogP) is 1.84. The third-order valence-corrected chi connectivity index (χ3v) is 8.91. The third-order valence-electron chi connectivity index (χ3n) is 8.91. The molecule has 0 radical (unpaired) electrons. The molecule has 240 valence electrons. The summed E-state index contributed by atoms with van der Waals surface area (Å²) in [5, 5.41) is 48.3. The number of anilines is 1. The Balaban J connectivity index is 1.76. The van der Waals surface area contributed by atoms with Crippen molar-refractivity contribution in [3.05, 3.63) is 39.7 Å². The number of aliphatic hydroxyl groups excluding tert-OH is 2. The number of unbranched alkanes of at least 4 members (excludes halogenated alkanes) is 3. The maximum atomic E-state index is 14.1. The van der Waals surface area contributed by atoms with Crippen LogP contribution >= 0.6 is 0 Å². The number of benzene rings is 1. The molecule has 3 aliphatic rings. The zero-order valence-corrected chi connectivity index (χ0v) is 25.8. The molecule has 44 heavy (non-hydrogen) atoms. The number of aromatic hydroxyl groups is 1. The van der Waals surface area contributed by atoms with Gasteiger partial charge < -0.3 is 41.1 Å². The van der Waals surface area contributed by atoms with Crippen LogP contribution in [0.5, 0.6) is 5.75 Å². The Kier molecular flexibility index (Phi) is 9.31. The number of phenolic OH excluding ortho intramolecular Hbond substituents is 1. The number of phenols is 1. The van der Waals surface area contributed by atoms with Crippen LogP contribution in [0.4, 0.5) is 10.5 Å². The molecule has 1 aromatic carbocycles. The fourth-order valence-corrected chi connectivity index (χ4v) is 6.79. The van der Waals surface area contributed by atoms with Gasteiger partial charge in [-0.3, -0.25) is 19.3 Å². The molecule has 0 heterocycles. The second kappa shape index (κ2) is 12.5. The van der Waals surface area contributed by atoms with Crippen LogP contribution in [0, 0.1) is 11.8 Å². The van der Waals surface area contributed by atoms with E-state index in [9.17, 15) is 39.6 Å². The Hall–Kier alpha value is -4.10. The molecular weight excluding hydrogens is 572 g/mol. The lowest BCUT2D eigenvalue weighted by Crippen LogP contribution is -2.65. The van der Waals surface area contributed by atoms with E-state index in [2.05, 4.69) is 12.2 Å². The summed E-state index contributed by atoms with van der Waals surface area (Å²) in [6, 6.07) is 0.518. The fraction of sp³-hybridized carbons (Fsp3) is 0.548. The minimum Gasteiger partial charge on any atom is -0.508 e. The normalized spacial score (nSPS) is 24.6. The number of amides is 2. The summed E-state index contributed by atoms with van der Waals surface area (Å²) in [7, 11) is 6.64. The largest absolute Gasteiger partial charge is 0.508 e. The number of nitrogens with two attached hydrogens (primary N) is 1. The number of hydrogen-bond donors (Lipinski definition) is 6. The zero-order chi connectivity index (χ0) is 32.7. The van der Waals surface area contributed by atoms with Crippen molar-refractivity contribution in [1.82, 2.24) is 10.2 Å². The minimum absolute atomic E-state index is 0.00715. The number of primary amides is 1. The molecule has 0 unspecified atom stereocenters. The lowest BCUT2D eigenvalue weighted by Gasteiger charge is -2.50. The molecule has 7 N–H and O–H groups in total. The van der Waals surface area contributed by atoms with Gasteiger partial charge in [-0.25, -0.2) is 4.79 Å². The first-order valence-corrected chi connectivity index (χ1v) is 14.8. The maximum absolute atomic E-state index is 14.1. The van der Waals surface area contributed by atoms with E-state index in [4.69, 9.17) is 10.5 Å². The van der Waals surface area contributed by atoms with Crippen LogP contribution < -0.4 is 16.0 Å². The van der Waals surface area contributed by atoms with Gasteiger partial charge in [0.05, 0.1) is 18.2 Å². The lowest BCUT2D eigenvalue weighted by molar-refractivity contribution is -0.153. The predicted molar refractivity (Wildman–Crippen MR) is 161 cm³/mol. The molecule has 2 amide bonds. The van der Waals surface area contributed by atoms with Crippen molar-refractivity contribution in [2.45, 2.75) is 63.6 Å². The van der Waals surface area contributed by atoms with E-state index in [0.29, 0.717) is 11.3 Å². The maximum Gasteiger partial charge on any atom is 0.407 e. The number of hydrogen-bond acceptors (Lipinski definition) is 11. The Morgan fingerprint density at radius 1 is 1.11 bits per heavy atom. The Morgan fingerprint density at radius 2 is 1.80 bits per heavy atom. The Labute approximate surface area is 256 Å². The molecule has 0 saturated heterocycles. The van der Waals surface area contributed by atoms with Crippen LogP contribution in [0.15, 0.2) is 23.0 Å². The minimum atomic E-state index is -2.72. The third kappa shape index (κ3) is 5.38. The highest BCUT2D eigenvalue weighted by Gasteiger charge is 2.64. The first-order chi connectivity index (χ1) is 20.7. The number of rotatable bonds is 10. The van der Waals surface area contributed by atoms with Gasteiger partial charge in [-0.15, -0.1) is 0 Å². The van der Waals surface area contributed by atoms with Crippen molar-refractivity contribution >= 4 is 35.0 Å². The van der Waals surface area contributed by atoms with Gasteiger partial charge in [0, 0.05) is 43.4 Å². The van der Waals surface area contributed by atoms with Gasteiger partial charge in [0.1, 0.15) is 22.8 Å². The van der Waals surface area contributed by atoms with Gasteiger partial charge in [-0.1, -0.05) is 26.2 Å². The molecule has 0 bridgehead atoms. The number of nitrogens with one attached hydrogen (secondary N) is 1. The molecule has 3 aliphatic carbocycles. The topological polar surface area (TPSA) is 203 Å². The number of fused-ring (bicyclic) bond motifs is 3. The highest BCUT2D eigenvalue weighted by Crippen LogP contribution is 2.54. The summed E-state index contributed by atoms with van der Waals surface area (Å²) in [5.41, 5.74) is 2.90. The Bertz CT molecular complexity index is 1450. The van der Waals surface area contributed by atoms with E-state index in [1.165, 1.54) is 4.90 Å². The molecule has 4 rings (SSSR count). The molecule has 13 heteroatoms. The number of carbonyl (C=O) groups is 4. The molecule has 4 atom stereocenters. The first-order valence-electron chi connectivity index (χ1n) is 14.8. The summed E-state index contributed by atoms with van der Waals surface area (Å²) in [6.07, 6.45) is 3.24. The number of carbonyl (C=O) groups excluding carboxylic acids is 4. The van der Waals surface area contributed by atoms with E-state index in [-0.39, 0.29) is 48.4 Å². The van der Waals surface area contributed by atoms with E-state index >= 15 is 0 Å². The van der Waals surface area contributed by atoms with Gasteiger partial charge >= 0.3 is 6.09 Å².